The smallest absolute Gasteiger partial charge is 0.410 e. The maximum atomic E-state index is 11.1. The summed E-state index contributed by atoms with van der Waals surface area (Å²) in [5, 5.41) is 0. The fourth-order valence-corrected chi connectivity index (χ4v) is 1.48. The summed E-state index contributed by atoms with van der Waals surface area (Å²) >= 11 is 0. The molecule has 1 amide bonds. The molecule has 0 atom stereocenters. The second-order valence-electron chi connectivity index (χ2n) is 3.28. The highest BCUT2D eigenvalue weighted by atomic mass is 16.6. The van der Waals surface area contributed by atoms with Crippen molar-refractivity contribution >= 4 is 11.8 Å². The van der Waals surface area contributed by atoms with E-state index in [1.54, 1.807) is 4.90 Å². The topological polar surface area (TPSA) is 55.6 Å². The van der Waals surface area contributed by atoms with Crippen LogP contribution in [0, 0.1) is 0 Å². The van der Waals surface area contributed by atoms with Gasteiger partial charge in [-0.05, 0) is 17.7 Å². The average molecular weight is 192 g/mol. The first-order valence-electron chi connectivity index (χ1n) is 4.52. The fourth-order valence-electron chi connectivity index (χ4n) is 1.48. The number of anilines is 1. The fraction of sp³-hybridized carbons (Fsp3) is 0.300. The highest BCUT2D eigenvalue weighted by Gasteiger charge is 2.21. The van der Waals surface area contributed by atoms with Crippen LogP contribution in [-0.4, -0.2) is 24.1 Å². The normalized spacial score (nSPS) is 15.7. The van der Waals surface area contributed by atoms with E-state index in [4.69, 9.17) is 10.5 Å². The van der Waals surface area contributed by atoms with Crippen LogP contribution in [0.5, 0.6) is 0 Å². The van der Waals surface area contributed by atoms with E-state index < -0.39 is 0 Å². The molecular formula is C10H12N2O2. The van der Waals surface area contributed by atoms with Crippen LogP contribution in [0.1, 0.15) is 5.56 Å². The number of hydrogen-bond donors (Lipinski definition) is 1. The second-order valence-corrected chi connectivity index (χ2v) is 3.28. The number of hydrogen-bond acceptors (Lipinski definition) is 3. The Bertz CT molecular complexity index is 352. The first-order valence-corrected chi connectivity index (χ1v) is 4.52. The number of ether oxygens (including phenoxy) is 1. The molecule has 1 aliphatic heterocycles. The van der Waals surface area contributed by atoms with Crippen LogP contribution in [0.4, 0.5) is 10.5 Å². The molecule has 74 valence electrons. The molecule has 0 spiro atoms. The van der Waals surface area contributed by atoms with Crippen molar-refractivity contribution in [2.24, 2.45) is 0 Å². The van der Waals surface area contributed by atoms with Crippen molar-refractivity contribution in [1.29, 1.82) is 0 Å². The Kier molecular flexibility index (Phi) is 2.26. The van der Waals surface area contributed by atoms with Crippen LogP contribution in [0.15, 0.2) is 24.3 Å². The summed E-state index contributed by atoms with van der Waals surface area (Å²) in [6, 6.07) is 7.52. The monoisotopic (exact) mass is 192 g/mol. The molecule has 0 aliphatic carbocycles. The van der Waals surface area contributed by atoms with E-state index in [1.165, 1.54) is 0 Å². The van der Waals surface area contributed by atoms with Gasteiger partial charge in [0.05, 0.1) is 6.54 Å². The van der Waals surface area contributed by atoms with E-state index in [1.807, 2.05) is 24.3 Å². The van der Waals surface area contributed by atoms with Crippen molar-refractivity contribution in [1.82, 2.24) is 4.90 Å². The van der Waals surface area contributed by atoms with Crippen molar-refractivity contribution in [3.8, 4) is 0 Å². The minimum absolute atomic E-state index is 0.243. The zero-order valence-electron chi connectivity index (χ0n) is 7.77. The highest BCUT2D eigenvalue weighted by Crippen LogP contribution is 2.12. The van der Waals surface area contributed by atoms with Gasteiger partial charge in [0, 0.05) is 12.2 Å². The van der Waals surface area contributed by atoms with E-state index in [0.717, 1.165) is 11.3 Å². The summed E-state index contributed by atoms with van der Waals surface area (Å²) in [6.45, 7) is 1.72. The molecule has 0 aromatic heterocycles. The number of nitrogens with zero attached hydrogens (tertiary/aromatic N) is 1. The number of carbonyl (C=O) groups excluding carboxylic acids is 1. The number of benzene rings is 1. The highest BCUT2D eigenvalue weighted by molar-refractivity contribution is 5.69. The van der Waals surface area contributed by atoms with Crippen LogP contribution < -0.4 is 5.73 Å². The van der Waals surface area contributed by atoms with Gasteiger partial charge in [-0.15, -0.1) is 0 Å². The zero-order chi connectivity index (χ0) is 9.97. The lowest BCUT2D eigenvalue weighted by Gasteiger charge is -2.12. The van der Waals surface area contributed by atoms with Gasteiger partial charge in [-0.1, -0.05) is 12.1 Å². The lowest BCUT2D eigenvalue weighted by molar-refractivity contribution is 0.157. The number of cyclic esters (lactones) is 1. The largest absolute Gasteiger partial charge is 0.448 e. The van der Waals surface area contributed by atoms with E-state index in [2.05, 4.69) is 0 Å². The van der Waals surface area contributed by atoms with Gasteiger partial charge in [0.25, 0.3) is 0 Å². The summed E-state index contributed by atoms with van der Waals surface area (Å²) in [5.41, 5.74) is 7.38. The third kappa shape index (κ3) is 1.79. The van der Waals surface area contributed by atoms with Crippen molar-refractivity contribution in [2.45, 2.75) is 6.54 Å². The van der Waals surface area contributed by atoms with Crippen molar-refractivity contribution in [3.63, 3.8) is 0 Å². The maximum absolute atomic E-state index is 11.1. The van der Waals surface area contributed by atoms with Gasteiger partial charge in [-0.3, -0.25) is 0 Å². The molecule has 0 unspecified atom stereocenters. The Morgan fingerprint density at radius 3 is 3.00 bits per heavy atom. The Hall–Kier alpha value is -1.71. The number of rotatable bonds is 2. The van der Waals surface area contributed by atoms with E-state index in [9.17, 15) is 4.79 Å². The molecule has 2 rings (SSSR count). The average Bonchev–Trinajstić information content (AvgIpc) is 2.52. The minimum atomic E-state index is -0.243. The van der Waals surface area contributed by atoms with Crippen LogP contribution in [0.2, 0.25) is 0 Å². The molecule has 4 nitrogen and oxygen atoms in total. The Morgan fingerprint density at radius 2 is 2.36 bits per heavy atom. The summed E-state index contributed by atoms with van der Waals surface area (Å²) in [6.07, 6.45) is -0.243. The molecule has 0 saturated carbocycles. The van der Waals surface area contributed by atoms with Crippen molar-refractivity contribution in [3.05, 3.63) is 29.8 Å². The zero-order valence-corrected chi connectivity index (χ0v) is 7.77. The number of nitrogens with two attached hydrogens (primary N) is 1. The molecule has 1 fully saturated rings. The molecule has 1 aromatic rings. The van der Waals surface area contributed by atoms with Gasteiger partial charge < -0.3 is 15.4 Å². The predicted molar refractivity (Wildman–Crippen MR) is 52.6 cm³/mol. The second kappa shape index (κ2) is 3.57. The molecular weight excluding hydrogens is 180 g/mol. The molecule has 1 aromatic carbocycles. The lowest BCUT2D eigenvalue weighted by atomic mass is 10.2. The molecule has 14 heavy (non-hydrogen) atoms. The van der Waals surface area contributed by atoms with Gasteiger partial charge in [0.15, 0.2) is 0 Å². The Morgan fingerprint density at radius 1 is 1.50 bits per heavy atom. The van der Waals surface area contributed by atoms with Crippen LogP contribution in [-0.2, 0) is 11.3 Å². The van der Waals surface area contributed by atoms with Crippen LogP contribution in [0.3, 0.4) is 0 Å². The summed E-state index contributed by atoms with van der Waals surface area (Å²) in [5.74, 6) is 0. The number of carbonyl (C=O) groups is 1. The van der Waals surface area contributed by atoms with Crippen LogP contribution in [0.25, 0.3) is 0 Å². The first-order chi connectivity index (χ1) is 6.75. The molecule has 0 radical (unpaired) electrons. The third-order valence-corrected chi connectivity index (χ3v) is 2.17. The van der Waals surface area contributed by atoms with Gasteiger partial charge in [-0.25, -0.2) is 4.79 Å². The lowest BCUT2D eigenvalue weighted by Crippen LogP contribution is -2.23. The van der Waals surface area contributed by atoms with Gasteiger partial charge in [-0.2, -0.15) is 0 Å². The quantitative estimate of drug-likeness (QED) is 0.717. The summed E-state index contributed by atoms with van der Waals surface area (Å²) in [7, 11) is 0. The van der Waals surface area contributed by atoms with E-state index in [-0.39, 0.29) is 6.09 Å². The third-order valence-electron chi connectivity index (χ3n) is 2.17. The standard InChI is InChI=1S/C10H12N2O2/c11-9-3-1-2-8(6-9)7-12-4-5-14-10(12)13/h1-3,6H,4-5,7,11H2. The molecule has 4 heteroatoms. The Balaban J connectivity index is 2.07. The number of amides is 1. The predicted octanol–water partition coefficient (Wildman–Crippen LogP) is 1.22. The molecule has 1 aliphatic rings. The maximum Gasteiger partial charge on any atom is 0.410 e. The van der Waals surface area contributed by atoms with Gasteiger partial charge in [0.1, 0.15) is 6.61 Å². The molecule has 2 N–H and O–H groups in total. The SMILES string of the molecule is Nc1cccc(CN2CCOC2=O)c1. The van der Waals surface area contributed by atoms with Gasteiger partial charge in [0.2, 0.25) is 0 Å². The first kappa shape index (κ1) is 8.87. The molecule has 1 saturated heterocycles. The van der Waals surface area contributed by atoms with E-state index in [0.29, 0.717) is 19.7 Å². The van der Waals surface area contributed by atoms with Crippen molar-refractivity contribution < 1.29 is 9.53 Å². The number of nitrogen functional groups attached to an aromatic ring is 1. The summed E-state index contributed by atoms with van der Waals surface area (Å²) < 4.78 is 4.82. The molecule has 0 bridgehead atoms. The Labute approximate surface area is 82.3 Å². The van der Waals surface area contributed by atoms with Crippen molar-refractivity contribution in [2.75, 3.05) is 18.9 Å². The van der Waals surface area contributed by atoms with Gasteiger partial charge >= 0.3 is 6.09 Å². The minimum Gasteiger partial charge on any atom is -0.448 e. The van der Waals surface area contributed by atoms with E-state index >= 15 is 0 Å². The van der Waals surface area contributed by atoms with Crippen LogP contribution >= 0.6 is 0 Å². The summed E-state index contributed by atoms with van der Waals surface area (Å²) in [4.78, 5) is 12.8. The molecule has 1 heterocycles.